The van der Waals surface area contributed by atoms with Gasteiger partial charge in [0, 0.05) is 44.5 Å². The lowest BCUT2D eigenvalue weighted by atomic mass is 9.95. The first kappa shape index (κ1) is 27.1. The lowest BCUT2D eigenvalue weighted by Crippen LogP contribution is -2.24. The Morgan fingerprint density at radius 1 is 0.892 bits per heavy atom. The number of hydrogen-bond donors (Lipinski definition) is 2. The summed E-state index contributed by atoms with van der Waals surface area (Å²) in [5.74, 6) is 1.87. The van der Waals surface area contributed by atoms with E-state index in [1.807, 2.05) is 18.3 Å². The van der Waals surface area contributed by atoms with Crippen LogP contribution in [0.3, 0.4) is 0 Å². The van der Waals surface area contributed by atoms with Gasteiger partial charge in [-0.05, 0) is 86.2 Å². The number of pyridine rings is 1. The molecule has 0 aliphatic carbocycles. The van der Waals surface area contributed by atoms with Crippen molar-refractivity contribution in [3.8, 4) is 22.6 Å². The average Bonchev–Trinajstić information content (AvgIpc) is 3.33. The molecule has 198 valence electrons. The van der Waals surface area contributed by atoms with Crippen molar-refractivity contribution in [3.63, 3.8) is 0 Å². The Hall–Kier alpha value is -2.93. The van der Waals surface area contributed by atoms with Gasteiger partial charge in [-0.25, -0.2) is 0 Å². The molecule has 0 saturated carbocycles. The van der Waals surface area contributed by atoms with E-state index in [9.17, 15) is 5.11 Å². The molecule has 1 atom stereocenters. The Labute approximate surface area is 221 Å². The summed E-state index contributed by atoms with van der Waals surface area (Å²) in [7, 11) is 0. The third-order valence-corrected chi connectivity index (χ3v) is 7.02. The molecule has 2 heterocycles. The van der Waals surface area contributed by atoms with Crippen LogP contribution in [0.2, 0.25) is 0 Å². The van der Waals surface area contributed by atoms with E-state index in [0.717, 1.165) is 86.7 Å². The van der Waals surface area contributed by atoms with Crippen LogP contribution in [0.4, 0.5) is 0 Å². The molecule has 0 radical (unpaired) electrons. The predicted octanol–water partition coefficient (Wildman–Crippen LogP) is 4.80. The summed E-state index contributed by atoms with van der Waals surface area (Å²) in [6, 6.07) is 18.6. The Bertz CT molecular complexity index is 1110. The smallest absolute Gasteiger partial charge is 0.122 e. The molecule has 1 unspecified atom stereocenters. The second-order valence-electron chi connectivity index (χ2n) is 9.83. The molecule has 37 heavy (non-hydrogen) atoms. The zero-order chi connectivity index (χ0) is 25.9. The highest BCUT2D eigenvalue weighted by molar-refractivity contribution is 5.74. The van der Waals surface area contributed by atoms with Gasteiger partial charge in [-0.2, -0.15) is 0 Å². The fourth-order valence-electron chi connectivity index (χ4n) is 4.88. The minimum absolute atomic E-state index is 0.165. The molecule has 0 amide bonds. The maximum absolute atomic E-state index is 9.69. The van der Waals surface area contributed by atoms with Gasteiger partial charge < -0.3 is 24.8 Å². The fourth-order valence-corrected chi connectivity index (χ4v) is 4.88. The monoisotopic (exact) mass is 503 g/mol. The van der Waals surface area contributed by atoms with Gasteiger partial charge in [-0.1, -0.05) is 30.3 Å². The minimum atomic E-state index is -0.165. The van der Waals surface area contributed by atoms with Crippen molar-refractivity contribution in [2.75, 3.05) is 45.9 Å². The average molecular weight is 504 g/mol. The molecule has 2 aromatic carbocycles. The van der Waals surface area contributed by atoms with Gasteiger partial charge in [0.2, 0.25) is 0 Å². The molecule has 1 aliphatic rings. The van der Waals surface area contributed by atoms with Crippen LogP contribution in [-0.2, 0) is 6.42 Å². The van der Waals surface area contributed by atoms with Crippen molar-refractivity contribution in [1.82, 2.24) is 15.2 Å². The standard InChI is InChI=1S/C31H41N3O3/c1-24-28(10-5-12-30(24)36-21-7-16-32-18-14-26-9-3-4-17-33-26)29-11-6-13-31(25(29)2)37-22-8-19-34-20-15-27(35)23-34/h3-6,9-13,17,27,32,35H,7-8,14-16,18-23H2,1-2H3. The molecule has 1 aliphatic heterocycles. The van der Waals surface area contributed by atoms with Gasteiger partial charge in [0.05, 0.1) is 19.3 Å². The van der Waals surface area contributed by atoms with Crippen molar-refractivity contribution in [3.05, 3.63) is 77.6 Å². The van der Waals surface area contributed by atoms with Crippen LogP contribution < -0.4 is 14.8 Å². The summed E-state index contributed by atoms with van der Waals surface area (Å²) in [4.78, 5) is 6.67. The second-order valence-corrected chi connectivity index (χ2v) is 9.83. The quantitative estimate of drug-likeness (QED) is 0.308. The van der Waals surface area contributed by atoms with Gasteiger partial charge in [0.1, 0.15) is 11.5 Å². The molecule has 6 nitrogen and oxygen atoms in total. The molecular weight excluding hydrogens is 462 g/mol. The fraction of sp³-hybridized carbons (Fsp3) is 0.452. The highest BCUT2D eigenvalue weighted by atomic mass is 16.5. The van der Waals surface area contributed by atoms with Gasteiger partial charge in [-0.15, -0.1) is 0 Å². The Balaban J connectivity index is 1.24. The number of likely N-dealkylation sites (tertiary alicyclic amines) is 1. The second kappa shape index (κ2) is 14.1. The van der Waals surface area contributed by atoms with Crippen molar-refractivity contribution < 1.29 is 14.6 Å². The third-order valence-electron chi connectivity index (χ3n) is 7.02. The Morgan fingerprint density at radius 3 is 2.22 bits per heavy atom. The van der Waals surface area contributed by atoms with E-state index in [1.54, 1.807) is 0 Å². The Morgan fingerprint density at radius 2 is 1.59 bits per heavy atom. The molecule has 1 fully saturated rings. The molecule has 0 bridgehead atoms. The van der Waals surface area contributed by atoms with Gasteiger partial charge in [0.15, 0.2) is 0 Å². The van der Waals surface area contributed by atoms with E-state index in [1.165, 1.54) is 11.1 Å². The zero-order valence-electron chi connectivity index (χ0n) is 22.3. The lowest BCUT2D eigenvalue weighted by molar-refractivity contribution is 0.173. The van der Waals surface area contributed by atoms with E-state index in [4.69, 9.17) is 9.47 Å². The molecular formula is C31H41N3O3. The summed E-state index contributed by atoms with van der Waals surface area (Å²) in [6.45, 7) is 10.2. The SMILES string of the molecule is Cc1c(OCCCNCCc2ccccn2)cccc1-c1cccc(OCCCN2CCC(O)C2)c1C. The third kappa shape index (κ3) is 8.03. The maximum Gasteiger partial charge on any atom is 0.122 e. The number of rotatable bonds is 14. The highest BCUT2D eigenvalue weighted by Gasteiger charge is 2.19. The van der Waals surface area contributed by atoms with Crippen LogP contribution in [0.1, 0.15) is 36.1 Å². The summed E-state index contributed by atoms with van der Waals surface area (Å²) in [5.41, 5.74) is 5.78. The maximum atomic E-state index is 9.69. The number of aliphatic hydroxyl groups is 1. The molecule has 6 heteroatoms. The van der Waals surface area contributed by atoms with E-state index >= 15 is 0 Å². The molecule has 0 spiro atoms. The summed E-state index contributed by atoms with van der Waals surface area (Å²) >= 11 is 0. The molecule has 1 aromatic heterocycles. The molecule has 4 rings (SSSR count). The van der Waals surface area contributed by atoms with Gasteiger partial charge >= 0.3 is 0 Å². The first-order valence-corrected chi connectivity index (χ1v) is 13.6. The minimum Gasteiger partial charge on any atom is -0.493 e. The van der Waals surface area contributed by atoms with Crippen LogP contribution >= 0.6 is 0 Å². The van der Waals surface area contributed by atoms with Gasteiger partial charge in [0.25, 0.3) is 0 Å². The number of β-amino-alcohol motifs (C(OH)–C–C–N with tert-alkyl or cyclic N) is 1. The summed E-state index contributed by atoms with van der Waals surface area (Å²) in [6.07, 6.45) is 5.40. The summed E-state index contributed by atoms with van der Waals surface area (Å²) < 4.78 is 12.3. The zero-order valence-corrected chi connectivity index (χ0v) is 22.3. The number of nitrogens with zero attached hydrogens (tertiary/aromatic N) is 2. The number of hydrogen-bond acceptors (Lipinski definition) is 6. The van der Waals surface area contributed by atoms with Crippen molar-refractivity contribution in [1.29, 1.82) is 0 Å². The van der Waals surface area contributed by atoms with Crippen LogP contribution in [0.25, 0.3) is 11.1 Å². The van der Waals surface area contributed by atoms with Crippen molar-refractivity contribution in [2.45, 2.75) is 45.6 Å². The summed E-state index contributed by atoms with van der Waals surface area (Å²) in [5, 5.41) is 13.2. The van der Waals surface area contributed by atoms with E-state index in [2.05, 4.69) is 71.5 Å². The van der Waals surface area contributed by atoms with E-state index in [0.29, 0.717) is 13.2 Å². The molecule has 2 N–H and O–H groups in total. The van der Waals surface area contributed by atoms with E-state index in [-0.39, 0.29) is 6.10 Å². The number of ether oxygens (including phenoxy) is 2. The highest BCUT2D eigenvalue weighted by Crippen LogP contribution is 2.35. The predicted molar refractivity (Wildman–Crippen MR) is 149 cm³/mol. The molecule has 3 aromatic rings. The number of aliphatic hydroxyl groups excluding tert-OH is 1. The first-order chi connectivity index (χ1) is 18.1. The van der Waals surface area contributed by atoms with Crippen LogP contribution in [0, 0.1) is 13.8 Å². The van der Waals surface area contributed by atoms with E-state index < -0.39 is 0 Å². The number of nitrogens with one attached hydrogen (secondary N) is 1. The Kier molecular flexibility index (Phi) is 10.4. The first-order valence-electron chi connectivity index (χ1n) is 13.6. The topological polar surface area (TPSA) is 66.8 Å². The normalized spacial score (nSPS) is 15.7. The van der Waals surface area contributed by atoms with Crippen LogP contribution in [0.15, 0.2) is 60.8 Å². The number of aromatic nitrogens is 1. The number of benzene rings is 2. The van der Waals surface area contributed by atoms with Crippen LogP contribution in [0.5, 0.6) is 11.5 Å². The lowest BCUT2D eigenvalue weighted by Gasteiger charge is -2.18. The van der Waals surface area contributed by atoms with Gasteiger partial charge in [-0.3, -0.25) is 4.98 Å². The largest absolute Gasteiger partial charge is 0.493 e. The van der Waals surface area contributed by atoms with Crippen molar-refractivity contribution in [2.24, 2.45) is 0 Å². The van der Waals surface area contributed by atoms with Crippen LogP contribution in [-0.4, -0.2) is 67.0 Å². The molecule has 1 saturated heterocycles. The van der Waals surface area contributed by atoms with Crippen molar-refractivity contribution >= 4 is 0 Å².